The van der Waals surface area contributed by atoms with Crippen LogP contribution >= 0.6 is 0 Å². The first-order chi connectivity index (χ1) is 19.2. The maximum Gasteiger partial charge on any atom is 0.410 e. The van der Waals surface area contributed by atoms with Crippen LogP contribution < -0.4 is 11.1 Å². The Morgan fingerprint density at radius 3 is 2.38 bits per heavy atom. The van der Waals surface area contributed by atoms with Crippen molar-refractivity contribution in [3.05, 3.63) is 60.6 Å². The summed E-state index contributed by atoms with van der Waals surface area (Å²) in [5.74, 6) is 1.34. The molecule has 0 radical (unpaired) electrons. The summed E-state index contributed by atoms with van der Waals surface area (Å²) in [6.07, 6.45) is 4.61. The fourth-order valence-electron chi connectivity index (χ4n) is 5.80. The molecule has 6 rings (SSSR count). The summed E-state index contributed by atoms with van der Waals surface area (Å²) < 4.78 is 7.56. The Morgan fingerprint density at radius 2 is 1.73 bits per heavy atom. The van der Waals surface area contributed by atoms with Crippen LogP contribution in [0.2, 0.25) is 0 Å². The quantitative estimate of drug-likeness (QED) is 0.384. The van der Waals surface area contributed by atoms with Crippen molar-refractivity contribution in [3.8, 4) is 11.3 Å². The third-order valence-corrected chi connectivity index (χ3v) is 7.57. The molecule has 2 atom stereocenters. The van der Waals surface area contributed by atoms with Crippen LogP contribution in [0.1, 0.15) is 50.0 Å². The molecule has 1 aromatic carbocycles. The van der Waals surface area contributed by atoms with Crippen molar-refractivity contribution >= 4 is 34.7 Å². The molecule has 3 aromatic heterocycles. The van der Waals surface area contributed by atoms with E-state index in [1.807, 2.05) is 48.6 Å². The van der Waals surface area contributed by atoms with Gasteiger partial charge in [0, 0.05) is 30.4 Å². The number of ether oxygens (including phenoxy) is 1. The minimum atomic E-state index is -0.511. The number of nitrogens with two attached hydrogens (primary N) is 1. The van der Waals surface area contributed by atoms with Gasteiger partial charge in [-0.1, -0.05) is 18.2 Å². The second kappa shape index (κ2) is 9.89. The molecule has 3 N–H and O–H groups in total. The Hall–Kier alpha value is -4.54. The summed E-state index contributed by atoms with van der Waals surface area (Å²) in [5, 5.41) is 8.48. The molecule has 1 aliphatic carbocycles. The second-order valence-electron chi connectivity index (χ2n) is 11.5. The number of fused-ring (bicyclic) bond motifs is 2. The number of amides is 2. The highest BCUT2D eigenvalue weighted by atomic mass is 16.6. The number of likely N-dealkylation sites (tertiary alicyclic amines) is 1. The Bertz CT molecular complexity index is 1550. The highest BCUT2D eigenvalue weighted by Gasteiger charge is 2.44. The summed E-state index contributed by atoms with van der Waals surface area (Å²) in [6.45, 7) is 7.02. The van der Waals surface area contributed by atoms with E-state index in [-0.39, 0.29) is 18.0 Å². The molecular weight excluding hydrogens is 508 g/mol. The van der Waals surface area contributed by atoms with E-state index in [0.29, 0.717) is 58.9 Å². The number of carbonyl (C=O) groups excluding carboxylic acids is 2. The average molecular weight is 541 g/mol. The topological polar surface area (TPSA) is 141 Å². The van der Waals surface area contributed by atoms with Gasteiger partial charge in [0.05, 0.1) is 11.4 Å². The van der Waals surface area contributed by atoms with Crippen LogP contribution in [-0.2, 0) is 4.74 Å². The van der Waals surface area contributed by atoms with Crippen LogP contribution in [0.15, 0.2) is 55.0 Å². The first-order valence-electron chi connectivity index (χ1n) is 13.5. The molecule has 0 bridgehead atoms. The van der Waals surface area contributed by atoms with Crippen LogP contribution in [0.5, 0.6) is 0 Å². The van der Waals surface area contributed by atoms with Crippen LogP contribution in [0.25, 0.3) is 22.3 Å². The summed E-state index contributed by atoms with van der Waals surface area (Å²) in [6, 6.07) is 12.7. The minimum Gasteiger partial charge on any atom is -0.444 e. The number of pyridine rings is 1. The van der Waals surface area contributed by atoms with E-state index in [2.05, 4.69) is 20.3 Å². The van der Waals surface area contributed by atoms with E-state index >= 15 is 0 Å². The molecule has 2 amide bonds. The molecule has 4 aromatic rings. The Kier molecular flexibility index (Phi) is 6.36. The van der Waals surface area contributed by atoms with Crippen molar-refractivity contribution in [2.24, 2.45) is 11.8 Å². The lowest BCUT2D eigenvalue weighted by Crippen LogP contribution is -2.36. The van der Waals surface area contributed by atoms with Crippen molar-refractivity contribution in [3.63, 3.8) is 0 Å². The SMILES string of the molecule is CC(C)(C)OC(=O)N1CC2CC(n3nc(-c4ccc(C(=O)Nc5ccccn5)cc4)c4c(N)ncnc43)CC2C1. The van der Waals surface area contributed by atoms with Gasteiger partial charge in [-0.2, -0.15) is 5.10 Å². The van der Waals surface area contributed by atoms with Gasteiger partial charge in [0.25, 0.3) is 5.91 Å². The molecule has 2 fully saturated rings. The molecule has 40 heavy (non-hydrogen) atoms. The lowest BCUT2D eigenvalue weighted by Gasteiger charge is -2.25. The number of nitrogens with zero attached hydrogens (tertiary/aromatic N) is 6. The monoisotopic (exact) mass is 540 g/mol. The van der Waals surface area contributed by atoms with Gasteiger partial charge < -0.3 is 20.7 Å². The van der Waals surface area contributed by atoms with Crippen molar-refractivity contribution in [2.75, 3.05) is 24.1 Å². The highest BCUT2D eigenvalue weighted by molar-refractivity contribution is 6.04. The Balaban J connectivity index is 1.23. The summed E-state index contributed by atoms with van der Waals surface area (Å²) in [7, 11) is 0. The van der Waals surface area contributed by atoms with Crippen molar-refractivity contribution in [1.29, 1.82) is 0 Å². The predicted octanol–water partition coefficient (Wildman–Crippen LogP) is 4.54. The van der Waals surface area contributed by atoms with Crippen LogP contribution in [-0.4, -0.2) is 60.3 Å². The third-order valence-electron chi connectivity index (χ3n) is 7.57. The molecule has 11 heteroatoms. The predicted molar refractivity (Wildman–Crippen MR) is 150 cm³/mol. The Labute approximate surface area is 231 Å². The smallest absolute Gasteiger partial charge is 0.410 e. The standard InChI is InChI=1S/C29H32N8O3/c1-29(2,3)40-28(39)36-14-19-12-21(13-20(19)15-36)37-26-23(25(30)32-16-33-26)24(35-37)17-7-9-18(10-8-17)27(38)34-22-6-4-5-11-31-22/h4-11,16,19-21H,12-15H2,1-3H3,(H2,30,32,33)(H,31,34,38). The van der Waals surface area contributed by atoms with Gasteiger partial charge in [-0.15, -0.1) is 0 Å². The van der Waals surface area contributed by atoms with E-state index < -0.39 is 5.60 Å². The van der Waals surface area contributed by atoms with Gasteiger partial charge in [0.1, 0.15) is 29.3 Å². The first kappa shape index (κ1) is 25.7. The number of benzene rings is 1. The van der Waals surface area contributed by atoms with E-state index in [1.54, 1.807) is 30.5 Å². The Morgan fingerprint density at radius 1 is 1.00 bits per heavy atom. The summed E-state index contributed by atoms with van der Waals surface area (Å²) >= 11 is 0. The van der Waals surface area contributed by atoms with Crippen molar-refractivity contribution < 1.29 is 14.3 Å². The molecule has 1 aliphatic heterocycles. The van der Waals surface area contributed by atoms with Gasteiger partial charge in [-0.05, 0) is 69.7 Å². The van der Waals surface area contributed by atoms with E-state index in [9.17, 15) is 9.59 Å². The van der Waals surface area contributed by atoms with E-state index in [4.69, 9.17) is 15.6 Å². The zero-order valence-electron chi connectivity index (χ0n) is 22.7. The fraction of sp³-hybridized carbons (Fsp3) is 0.379. The van der Waals surface area contributed by atoms with Gasteiger partial charge in [-0.3, -0.25) is 4.79 Å². The molecule has 11 nitrogen and oxygen atoms in total. The summed E-state index contributed by atoms with van der Waals surface area (Å²) in [5.41, 5.74) is 8.50. The highest BCUT2D eigenvalue weighted by Crippen LogP contribution is 2.45. The zero-order chi connectivity index (χ0) is 28.0. The lowest BCUT2D eigenvalue weighted by atomic mass is 10.0. The van der Waals surface area contributed by atoms with Gasteiger partial charge in [0.15, 0.2) is 5.65 Å². The molecular formula is C29H32N8O3. The number of nitrogen functional groups attached to an aromatic ring is 1. The maximum absolute atomic E-state index is 12.7. The number of nitrogens with one attached hydrogen (secondary N) is 1. The first-order valence-corrected chi connectivity index (χ1v) is 13.5. The van der Waals surface area contributed by atoms with Gasteiger partial charge in [-0.25, -0.2) is 24.4 Å². The molecule has 0 spiro atoms. The molecule has 4 heterocycles. The van der Waals surface area contributed by atoms with E-state index in [0.717, 1.165) is 18.4 Å². The maximum atomic E-state index is 12.7. The number of hydrogen-bond acceptors (Lipinski definition) is 8. The second-order valence-corrected chi connectivity index (χ2v) is 11.5. The van der Waals surface area contributed by atoms with Crippen LogP contribution in [0.4, 0.5) is 16.4 Å². The zero-order valence-corrected chi connectivity index (χ0v) is 22.7. The molecule has 2 unspecified atom stereocenters. The number of rotatable bonds is 4. The number of anilines is 2. The number of hydrogen-bond donors (Lipinski definition) is 2. The van der Waals surface area contributed by atoms with E-state index in [1.165, 1.54) is 6.33 Å². The van der Waals surface area contributed by atoms with Gasteiger partial charge in [0.2, 0.25) is 0 Å². The number of aromatic nitrogens is 5. The average Bonchev–Trinajstić information content (AvgIpc) is 3.61. The van der Waals surface area contributed by atoms with Crippen molar-refractivity contribution in [2.45, 2.75) is 45.3 Å². The lowest BCUT2D eigenvalue weighted by molar-refractivity contribution is 0.0277. The van der Waals surface area contributed by atoms with Crippen LogP contribution in [0, 0.1) is 11.8 Å². The normalized spacial score (nSPS) is 20.5. The molecule has 1 saturated heterocycles. The fourth-order valence-corrected chi connectivity index (χ4v) is 5.80. The minimum absolute atomic E-state index is 0.129. The molecule has 206 valence electrons. The largest absolute Gasteiger partial charge is 0.444 e. The van der Waals surface area contributed by atoms with Gasteiger partial charge >= 0.3 is 6.09 Å². The third kappa shape index (κ3) is 4.94. The number of carbonyl (C=O) groups is 2. The summed E-state index contributed by atoms with van der Waals surface area (Å²) in [4.78, 5) is 40.0. The molecule has 1 saturated carbocycles. The van der Waals surface area contributed by atoms with Crippen LogP contribution in [0.3, 0.4) is 0 Å². The van der Waals surface area contributed by atoms with Crippen molar-refractivity contribution in [1.82, 2.24) is 29.6 Å². The molecule has 2 aliphatic rings.